The molecule has 3 fully saturated rings. The number of nitrogens with zero attached hydrogens (tertiary/aromatic N) is 3. The molecule has 2 aliphatic heterocycles. The van der Waals surface area contributed by atoms with E-state index >= 15 is 0 Å². The van der Waals surface area contributed by atoms with Gasteiger partial charge in [-0.3, -0.25) is 4.79 Å². The molecule has 1 amide bonds. The zero-order valence-corrected chi connectivity index (χ0v) is 15.5. The predicted octanol–water partition coefficient (Wildman–Crippen LogP) is 2.65. The Labute approximate surface area is 154 Å². The third-order valence-corrected chi connectivity index (χ3v) is 6.55. The van der Waals surface area contributed by atoms with Gasteiger partial charge in [-0.1, -0.05) is 0 Å². The molecule has 0 radical (unpaired) electrons. The third-order valence-electron chi connectivity index (χ3n) is 6.55. The van der Waals surface area contributed by atoms with Crippen LogP contribution in [0.15, 0.2) is 12.3 Å². The standard InChI is InChI=1S/C20H28FN3O2/c1-14-11-15(21)12-22-18(14)23-9-2-7-20(13-23)8-10-24(19(20)26)16-3-5-17(25)6-4-16/h11-12,16-17,25H,2-10,13H2,1H3/t16?,17?,20-/m1/s1. The fourth-order valence-electron chi connectivity index (χ4n) is 5.12. The van der Waals surface area contributed by atoms with Gasteiger partial charge in [0.25, 0.3) is 0 Å². The van der Waals surface area contributed by atoms with Gasteiger partial charge in [0.2, 0.25) is 5.91 Å². The Kier molecular flexibility index (Phi) is 4.63. The summed E-state index contributed by atoms with van der Waals surface area (Å²) in [5.41, 5.74) is 0.502. The van der Waals surface area contributed by atoms with Gasteiger partial charge in [0.15, 0.2) is 0 Å². The number of aromatic nitrogens is 1. The Morgan fingerprint density at radius 3 is 2.73 bits per heavy atom. The number of likely N-dealkylation sites (tertiary alicyclic amines) is 1. The lowest BCUT2D eigenvalue weighted by Crippen LogP contribution is -2.50. The second-order valence-corrected chi connectivity index (χ2v) is 8.31. The van der Waals surface area contributed by atoms with Crippen molar-refractivity contribution in [3.8, 4) is 0 Å². The maximum absolute atomic E-state index is 13.4. The number of carbonyl (C=O) groups excluding carboxylic acids is 1. The number of aryl methyl sites for hydroxylation is 1. The highest BCUT2D eigenvalue weighted by Gasteiger charge is 2.50. The molecule has 3 heterocycles. The highest BCUT2D eigenvalue weighted by atomic mass is 19.1. The van der Waals surface area contributed by atoms with Gasteiger partial charge in [-0.05, 0) is 63.5 Å². The minimum absolute atomic E-state index is 0.199. The van der Waals surface area contributed by atoms with Crippen molar-refractivity contribution in [3.63, 3.8) is 0 Å². The minimum Gasteiger partial charge on any atom is -0.393 e. The summed E-state index contributed by atoms with van der Waals surface area (Å²) in [6, 6.07) is 1.80. The summed E-state index contributed by atoms with van der Waals surface area (Å²) in [6.45, 7) is 4.24. The first kappa shape index (κ1) is 17.7. The minimum atomic E-state index is -0.323. The van der Waals surface area contributed by atoms with Gasteiger partial charge in [-0.25, -0.2) is 9.37 Å². The summed E-state index contributed by atoms with van der Waals surface area (Å²) < 4.78 is 13.4. The van der Waals surface area contributed by atoms with Gasteiger partial charge >= 0.3 is 0 Å². The van der Waals surface area contributed by atoms with Crippen molar-refractivity contribution in [2.24, 2.45) is 5.41 Å². The van der Waals surface area contributed by atoms with Crippen LogP contribution >= 0.6 is 0 Å². The van der Waals surface area contributed by atoms with Gasteiger partial charge in [-0.15, -0.1) is 0 Å². The van der Waals surface area contributed by atoms with Gasteiger partial charge < -0.3 is 14.9 Å². The number of hydrogen-bond acceptors (Lipinski definition) is 4. The molecule has 1 aromatic heterocycles. The quantitative estimate of drug-likeness (QED) is 0.880. The summed E-state index contributed by atoms with van der Waals surface area (Å²) in [7, 11) is 0. The van der Waals surface area contributed by atoms with Crippen LogP contribution < -0.4 is 4.90 Å². The Morgan fingerprint density at radius 2 is 2.00 bits per heavy atom. The highest BCUT2D eigenvalue weighted by Crippen LogP contribution is 2.43. The number of halogens is 1. The summed E-state index contributed by atoms with van der Waals surface area (Å²) in [5, 5.41) is 9.74. The number of anilines is 1. The van der Waals surface area contributed by atoms with Crippen LogP contribution in [0, 0.1) is 18.2 Å². The van der Waals surface area contributed by atoms with E-state index in [0.29, 0.717) is 6.54 Å². The predicted molar refractivity (Wildman–Crippen MR) is 97.4 cm³/mol. The fourth-order valence-corrected chi connectivity index (χ4v) is 5.12. The molecule has 0 aromatic carbocycles. The molecule has 1 spiro atoms. The van der Waals surface area contributed by atoms with Gasteiger partial charge in [0.05, 0.1) is 17.7 Å². The first-order chi connectivity index (χ1) is 12.5. The molecule has 142 valence electrons. The normalized spacial score (nSPS) is 32.5. The molecule has 3 aliphatic rings. The molecule has 1 aromatic rings. The Bertz CT molecular complexity index is 690. The van der Waals surface area contributed by atoms with Crippen LogP contribution in [0.4, 0.5) is 10.2 Å². The summed E-state index contributed by atoms with van der Waals surface area (Å²) in [4.78, 5) is 21.9. The number of hydrogen-bond donors (Lipinski definition) is 1. The molecule has 1 saturated carbocycles. The Morgan fingerprint density at radius 1 is 1.23 bits per heavy atom. The van der Waals surface area contributed by atoms with E-state index < -0.39 is 0 Å². The fraction of sp³-hybridized carbons (Fsp3) is 0.700. The molecule has 0 unspecified atom stereocenters. The maximum Gasteiger partial charge on any atom is 0.230 e. The number of amides is 1. The SMILES string of the molecule is Cc1cc(F)cnc1N1CCC[C@@]2(CCN(C3CCC(O)CC3)C2=O)C1. The van der Waals surface area contributed by atoms with E-state index in [1.54, 1.807) is 0 Å². The summed E-state index contributed by atoms with van der Waals surface area (Å²) in [5.74, 6) is 0.765. The summed E-state index contributed by atoms with van der Waals surface area (Å²) >= 11 is 0. The molecule has 26 heavy (non-hydrogen) atoms. The van der Waals surface area contributed by atoms with Crippen molar-refractivity contribution < 1.29 is 14.3 Å². The van der Waals surface area contributed by atoms with Crippen molar-refractivity contribution in [3.05, 3.63) is 23.6 Å². The second-order valence-electron chi connectivity index (χ2n) is 8.31. The van der Waals surface area contributed by atoms with E-state index in [9.17, 15) is 14.3 Å². The number of rotatable bonds is 2. The molecule has 1 atom stereocenters. The molecule has 1 aliphatic carbocycles. The number of pyridine rings is 1. The van der Waals surface area contributed by atoms with E-state index in [1.807, 2.05) is 6.92 Å². The topological polar surface area (TPSA) is 56.7 Å². The number of carbonyl (C=O) groups is 1. The zero-order valence-electron chi connectivity index (χ0n) is 15.5. The van der Waals surface area contributed by atoms with E-state index in [1.165, 1.54) is 12.3 Å². The number of piperidine rings is 1. The highest BCUT2D eigenvalue weighted by molar-refractivity contribution is 5.86. The molecular formula is C20H28FN3O2. The molecule has 5 nitrogen and oxygen atoms in total. The molecule has 0 bridgehead atoms. The van der Waals surface area contributed by atoms with Crippen LogP contribution in [0.1, 0.15) is 50.5 Å². The average Bonchev–Trinajstić information content (AvgIpc) is 2.92. The largest absolute Gasteiger partial charge is 0.393 e. The van der Waals surface area contributed by atoms with Crippen molar-refractivity contribution in [2.75, 3.05) is 24.5 Å². The smallest absolute Gasteiger partial charge is 0.230 e. The third kappa shape index (κ3) is 3.08. The Hall–Kier alpha value is -1.69. The molecular weight excluding hydrogens is 333 g/mol. The average molecular weight is 361 g/mol. The van der Waals surface area contributed by atoms with Crippen LogP contribution in [-0.4, -0.2) is 52.7 Å². The zero-order chi connectivity index (χ0) is 18.3. The van der Waals surface area contributed by atoms with Crippen LogP contribution in [0.2, 0.25) is 0 Å². The summed E-state index contributed by atoms with van der Waals surface area (Å²) in [6.07, 6.45) is 7.25. The lowest BCUT2D eigenvalue weighted by atomic mass is 9.78. The van der Waals surface area contributed by atoms with E-state index in [4.69, 9.17) is 0 Å². The number of aliphatic hydroxyl groups is 1. The van der Waals surface area contributed by atoms with Crippen molar-refractivity contribution in [1.29, 1.82) is 0 Å². The molecule has 4 rings (SSSR count). The van der Waals surface area contributed by atoms with Crippen molar-refractivity contribution in [2.45, 2.75) is 64.0 Å². The van der Waals surface area contributed by atoms with E-state index in [0.717, 1.165) is 69.4 Å². The van der Waals surface area contributed by atoms with Crippen molar-refractivity contribution in [1.82, 2.24) is 9.88 Å². The lowest BCUT2D eigenvalue weighted by molar-refractivity contribution is -0.139. The lowest BCUT2D eigenvalue weighted by Gasteiger charge is -2.41. The van der Waals surface area contributed by atoms with Crippen LogP contribution in [0.5, 0.6) is 0 Å². The first-order valence-corrected chi connectivity index (χ1v) is 9.85. The Balaban J connectivity index is 1.50. The monoisotopic (exact) mass is 361 g/mol. The van der Waals surface area contributed by atoms with Gasteiger partial charge in [-0.2, -0.15) is 0 Å². The molecule has 2 saturated heterocycles. The van der Waals surface area contributed by atoms with Gasteiger partial charge in [0.1, 0.15) is 11.6 Å². The van der Waals surface area contributed by atoms with Gasteiger partial charge in [0, 0.05) is 25.7 Å². The van der Waals surface area contributed by atoms with Crippen LogP contribution in [0.25, 0.3) is 0 Å². The van der Waals surface area contributed by atoms with Crippen molar-refractivity contribution >= 4 is 11.7 Å². The van der Waals surface area contributed by atoms with E-state index in [2.05, 4.69) is 14.8 Å². The van der Waals surface area contributed by atoms with Crippen LogP contribution in [0.3, 0.4) is 0 Å². The molecule has 6 heteroatoms. The maximum atomic E-state index is 13.4. The molecule has 1 N–H and O–H groups in total. The van der Waals surface area contributed by atoms with E-state index in [-0.39, 0.29) is 29.3 Å². The first-order valence-electron chi connectivity index (χ1n) is 9.85. The van der Waals surface area contributed by atoms with Crippen LogP contribution in [-0.2, 0) is 4.79 Å². The second kappa shape index (κ2) is 6.80. The number of aliphatic hydroxyl groups excluding tert-OH is 1.